The van der Waals surface area contributed by atoms with E-state index in [0.717, 1.165) is 13.0 Å². The van der Waals surface area contributed by atoms with E-state index in [0.29, 0.717) is 25.5 Å². The zero-order valence-corrected chi connectivity index (χ0v) is 9.77. The first-order valence-electron chi connectivity index (χ1n) is 5.09. The summed E-state index contributed by atoms with van der Waals surface area (Å²) in [5, 5.41) is 5.86. The highest BCUT2D eigenvalue weighted by Gasteiger charge is 2.20. The van der Waals surface area contributed by atoms with Crippen LogP contribution in [0.5, 0.6) is 0 Å². The third-order valence-electron chi connectivity index (χ3n) is 2.15. The van der Waals surface area contributed by atoms with Crippen molar-refractivity contribution < 1.29 is 13.7 Å². The molecule has 5 nitrogen and oxygen atoms in total. The van der Waals surface area contributed by atoms with E-state index in [-0.39, 0.29) is 11.9 Å². The molecule has 1 amide bonds. The van der Waals surface area contributed by atoms with E-state index in [2.05, 4.69) is 10.6 Å². The summed E-state index contributed by atoms with van der Waals surface area (Å²) in [6.07, 6.45) is 2.42. The van der Waals surface area contributed by atoms with Crippen molar-refractivity contribution in [3.8, 4) is 0 Å². The molecule has 2 unspecified atom stereocenters. The van der Waals surface area contributed by atoms with Gasteiger partial charge in [-0.3, -0.25) is 9.00 Å². The van der Waals surface area contributed by atoms with Crippen molar-refractivity contribution in [3.05, 3.63) is 0 Å². The van der Waals surface area contributed by atoms with Gasteiger partial charge in [0.05, 0.1) is 13.2 Å². The van der Waals surface area contributed by atoms with E-state index >= 15 is 0 Å². The van der Waals surface area contributed by atoms with Crippen LogP contribution < -0.4 is 10.6 Å². The summed E-state index contributed by atoms with van der Waals surface area (Å²) >= 11 is 0. The molecule has 0 spiro atoms. The van der Waals surface area contributed by atoms with E-state index < -0.39 is 10.8 Å². The highest BCUT2D eigenvalue weighted by atomic mass is 32.2. The molecule has 2 N–H and O–H groups in total. The monoisotopic (exact) mass is 234 g/mol. The molecule has 1 heterocycles. The van der Waals surface area contributed by atoms with Crippen LogP contribution in [0.3, 0.4) is 0 Å². The molecule has 88 valence electrons. The van der Waals surface area contributed by atoms with Crippen molar-refractivity contribution in [3.63, 3.8) is 0 Å². The summed E-state index contributed by atoms with van der Waals surface area (Å²) in [4.78, 5) is 11.5. The number of carbonyl (C=O) groups excluding carboxylic acids is 1. The molecule has 6 heteroatoms. The van der Waals surface area contributed by atoms with Crippen molar-refractivity contribution >= 4 is 16.7 Å². The van der Waals surface area contributed by atoms with Gasteiger partial charge in [-0.2, -0.15) is 0 Å². The summed E-state index contributed by atoms with van der Waals surface area (Å²) in [5.74, 6) is 0.603. The molecule has 15 heavy (non-hydrogen) atoms. The molecule has 2 atom stereocenters. The van der Waals surface area contributed by atoms with Gasteiger partial charge in [-0.1, -0.05) is 0 Å². The number of morpholine rings is 1. The Labute approximate surface area is 92.4 Å². The minimum atomic E-state index is -0.777. The zero-order valence-electron chi connectivity index (χ0n) is 8.95. The van der Waals surface area contributed by atoms with Crippen LogP contribution in [-0.4, -0.2) is 54.5 Å². The molecule has 1 fully saturated rings. The molecule has 1 aliphatic rings. The fraction of sp³-hybridized carbons (Fsp3) is 0.889. The maximum Gasteiger partial charge on any atom is 0.239 e. The molecule has 0 aromatic rings. The second kappa shape index (κ2) is 6.92. The smallest absolute Gasteiger partial charge is 0.239 e. The summed E-state index contributed by atoms with van der Waals surface area (Å²) in [6.45, 7) is 2.40. The lowest BCUT2D eigenvalue weighted by Crippen LogP contribution is -2.51. The molecule has 1 saturated heterocycles. The molecular weight excluding hydrogens is 216 g/mol. The van der Waals surface area contributed by atoms with Gasteiger partial charge >= 0.3 is 0 Å². The van der Waals surface area contributed by atoms with Crippen LogP contribution in [0, 0.1) is 0 Å². The number of hydrogen-bond donors (Lipinski definition) is 2. The minimum absolute atomic E-state index is 0.0309. The SMILES string of the molecule is CS(=O)CCCNC(=O)C1COCCN1. The van der Waals surface area contributed by atoms with Crippen LogP contribution in [0.4, 0.5) is 0 Å². The number of amides is 1. The third kappa shape index (κ3) is 5.25. The Morgan fingerprint density at radius 1 is 1.67 bits per heavy atom. The molecule has 0 aliphatic carbocycles. The van der Waals surface area contributed by atoms with E-state index in [1.54, 1.807) is 6.26 Å². The Kier molecular flexibility index (Phi) is 5.82. The molecule has 0 bridgehead atoms. The van der Waals surface area contributed by atoms with E-state index in [4.69, 9.17) is 4.74 Å². The molecule has 0 aromatic carbocycles. The quantitative estimate of drug-likeness (QED) is 0.590. The zero-order chi connectivity index (χ0) is 11.1. The Balaban J connectivity index is 2.09. The van der Waals surface area contributed by atoms with Crippen LogP contribution in [-0.2, 0) is 20.3 Å². The maximum atomic E-state index is 11.5. The molecular formula is C9H18N2O3S. The molecule has 0 radical (unpaired) electrons. The predicted molar refractivity (Wildman–Crippen MR) is 59.2 cm³/mol. The Morgan fingerprint density at radius 3 is 3.07 bits per heavy atom. The van der Waals surface area contributed by atoms with Crippen molar-refractivity contribution in [2.24, 2.45) is 0 Å². The fourth-order valence-electron chi connectivity index (χ4n) is 1.34. The van der Waals surface area contributed by atoms with E-state index in [1.165, 1.54) is 0 Å². The van der Waals surface area contributed by atoms with Crippen LogP contribution in [0.25, 0.3) is 0 Å². The average Bonchev–Trinajstić information content (AvgIpc) is 2.25. The van der Waals surface area contributed by atoms with Crippen LogP contribution >= 0.6 is 0 Å². The van der Waals surface area contributed by atoms with Gasteiger partial charge in [0.15, 0.2) is 0 Å². The van der Waals surface area contributed by atoms with Gasteiger partial charge in [-0.15, -0.1) is 0 Å². The Bertz CT molecular complexity index is 229. The second-order valence-corrected chi connectivity index (χ2v) is 5.06. The summed E-state index contributed by atoms with van der Waals surface area (Å²) in [6, 6.07) is -0.231. The molecule has 1 rings (SSSR count). The number of nitrogens with one attached hydrogen (secondary N) is 2. The number of carbonyl (C=O) groups is 1. The van der Waals surface area contributed by atoms with Gasteiger partial charge in [0, 0.05) is 35.9 Å². The maximum absolute atomic E-state index is 11.5. The highest BCUT2D eigenvalue weighted by molar-refractivity contribution is 7.84. The number of hydrogen-bond acceptors (Lipinski definition) is 4. The van der Waals surface area contributed by atoms with Crippen LogP contribution in [0.15, 0.2) is 0 Å². The van der Waals surface area contributed by atoms with Gasteiger partial charge < -0.3 is 15.4 Å². The van der Waals surface area contributed by atoms with Gasteiger partial charge in [0.1, 0.15) is 6.04 Å². The minimum Gasteiger partial charge on any atom is -0.378 e. The molecule has 1 aliphatic heterocycles. The highest BCUT2D eigenvalue weighted by Crippen LogP contribution is 1.93. The molecule has 0 saturated carbocycles. The van der Waals surface area contributed by atoms with Gasteiger partial charge in [-0.05, 0) is 6.42 Å². The van der Waals surface area contributed by atoms with Crippen LogP contribution in [0.1, 0.15) is 6.42 Å². The lowest BCUT2D eigenvalue weighted by atomic mass is 10.2. The first-order chi connectivity index (χ1) is 7.20. The number of ether oxygens (including phenoxy) is 1. The van der Waals surface area contributed by atoms with Crippen molar-refractivity contribution in [2.75, 3.05) is 38.3 Å². The summed E-state index contributed by atoms with van der Waals surface area (Å²) in [5.41, 5.74) is 0. The van der Waals surface area contributed by atoms with Crippen molar-refractivity contribution in [2.45, 2.75) is 12.5 Å². The predicted octanol–water partition coefficient (Wildman–Crippen LogP) is -1.14. The summed E-state index contributed by atoms with van der Waals surface area (Å²) < 4.78 is 15.9. The lowest BCUT2D eigenvalue weighted by molar-refractivity contribution is -0.125. The van der Waals surface area contributed by atoms with Crippen LogP contribution in [0.2, 0.25) is 0 Å². The largest absolute Gasteiger partial charge is 0.378 e. The van der Waals surface area contributed by atoms with E-state index in [9.17, 15) is 9.00 Å². The summed E-state index contributed by atoms with van der Waals surface area (Å²) in [7, 11) is -0.777. The van der Waals surface area contributed by atoms with E-state index in [1.807, 2.05) is 0 Å². The van der Waals surface area contributed by atoms with Gasteiger partial charge in [-0.25, -0.2) is 0 Å². The fourth-order valence-corrected chi connectivity index (χ4v) is 1.89. The Morgan fingerprint density at radius 2 is 2.47 bits per heavy atom. The lowest BCUT2D eigenvalue weighted by Gasteiger charge is -2.22. The third-order valence-corrected chi connectivity index (χ3v) is 3.01. The molecule has 0 aromatic heterocycles. The normalized spacial score (nSPS) is 23.4. The second-order valence-electron chi connectivity index (χ2n) is 3.50. The first kappa shape index (κ1) is 12.6. The topological polar surface area (TPSA) is 67.4 Å². The van der Waals surface area contributed by atoms with Crippen molar-refractivity contribution in [1.29, 1.82) is 0 Å². The van der Waals surface area contributed by atoms with Crippen molar-refractivity contribution in [1.82, 2.24) is 10.6 Å². The Hall–Kier alpha value is -0.460. The average molecular weight is 234 g/mol. The van der Waals surface area contributed by atoms with Gasteiger partial charge in [0.25, 0.3) is 0 Å². The standard InChI is InChI=1S/C9H18N2O3S/c1-15(13)6-2-3-11-9(12)8-7-14-5-4-10-8/h8,10H,2-7H2,1H3,(H,11,12). The number of rotatable bonds is 5. The van der Waals surface area contributed by atoms with Gasteiger partial charge in [0.2, 0.25) is 5.91 Å². The first-order valence-corrected chi connectivity index (χ1v) is 6.81.